The molecule has 0 amide bonds. The standard InChI is InChI=1S/C10H14O3/c1-12-10(11)7-5-8-3-2-4-9(6-7)13-8/h2-3,7-9H,4-6H2,1H3. The predicted octanol–water partition coefficient (Wildman–Crippen LogP) is 1.28. The average molecular weight is 182 g/mol. The molecule has 72 valence electrons. The Kier molecular flexibility index (Phi) is 2.36. The van der Waals surface area contributed by atoms with Gasteiger partial charge in [-0.2, -0.15) is 0 Å². The van der Waals surface area contributed by atoms with Crippen LogP contribution < -0.4 is 0 Å². The van der Waals surface area contributed by atoms with Gasteiger partial charge in [-0.05, 0) is 19.3 Å². The van der Waals surface area contributed by atoms with Crippen LogP contribution in [0.2, 0.25) is 0 Å². The van der Waals surface area contributed by atoms with E-state index in [9.17, 15) is 4.79 Å². The lowest BCUT2D eigenvalue weighted by atomic mass is 9.87. The molecule has 0 spiro atoms. The predicted molar refractivity (Wildman–Crippen MR) is 47.2 cm³/mol. The van der Waals surface area contributed by atoms with Crippen LogP contribution in [0.25, 0.3) is 0 Å². The Balaban J connectivity index is 2.03. The SMILES string of the molecule is COC(=O)C1CC2C=CCC(C1)O2. The number of hydrogen-bond donors (Lipinski definition) is 0. The van der Waals surface area contributed by atoms with Crippen LogP contribution in [0.1, 0.15) is 19.3 Å². The molecule has 3 heteroatoms. The fraction of sp³-hybridized carbons (Fsp3) is 0.700. The molecular weight excluding hydrogens is 168 g/mol. The Morgan fingerprint density at radius 2 is 2.38 bits per heavy atom. The summed E-state index contributed by atoms with van der Waals surface area (Å²) in [5.74, 6) is -0.0488. The molecule has 13 heavy (non-hydrogen) atoms. The lowest BCUT2D eigenvalue weighted by molar-refractivity contribution is -0.153. The molecular formula is C10H14O3. The molecule has 0 saturated carbocycles. The lowest BCUT2D eigenvalue weighted by Crippen LogP contribution is -2.37. The summed E-state index contributed by atoms with van der Waals surface area (Å²) < 4.78 is 10.4. The Morgan fingerprint density at radius 1 is 1.54 bits per heavy atom. The zero-order chi connectivity index (χ0) is 9.26. The number of carbonyl (C=O) groups excluding carboxylic acids is 1. The van der Waals surface area contributed by atoms with E-state index in [-0.39, 0.29) is 24.1 Å². The largest absolute Gasteiger partial charge is 0.469 e. The Labute approximate surface area is 77.7 Å². The van der Waals surface area contributed by atoms with Crippen molar-refractivity contribution in [3.8, 4) is 0 Å². The number of hydrogen-bond acceptors (Lipinski definition) is 3. The molecule has 0 N–H and O–H groups in total. The first kappa shape index (κ1) is 8.75. The summed E-state index contributed by atoms with van der Waals surface area (Å²) in [6.45, 7) is 0. The van der Waals surface area contributed by atoms with Crippen molar-refractivity contribution >= 4 is 5.97 Å². The number of esters is 1. The molecule has 3 atom stereocenters. The molecule has 2 aliphatic heterocycles. The first-order valence-electron chi connectivity index (χ1n) is 4.69. The smallest absolute Gasteiger partial charge is 0.308 e. The first-order valence-corrected chi connectivity index (χ1v) is 4.69. The van der Waals surface area contributed by atoms with E-state index in [4.69, 9.17) is 9.47 Å². The molecule has 0 aromatic heterocycles. The van der Waals surface area contributed by atoms with Gasteiger partial charge in [-0.25, -0.2) is 0 Å². The van der Waals surface area contributed by atoms with E-state index in [0.29, 0.717) is 0 Å². The summed E-state index contributed by atoms with van der Waals surface area (Å²) in [7, 11) is 1.45. The molecule has 2 aliphatic rings. The van der Waals surface area contributed by atoms with E-state index >= 15 is 0 Å². The van der Waals surface area contributed by atoms with E-state index in [1.807, 2.05) is 6.08 Å². The van der Waals surface area contributed by atoms with Crippen molar-refractivity contribution in [2.45, 2.75) is 31.5 Å². The van der Waals surface area contributed by atoms with Crippen molar-refractivity contribution in [1.29, 1.82) is 0 Å². The molecule has 2 bridgehead atoms. The minimum atomic E-state index is -0.0893. The maximum Gasteiger partial charge on any atom is 0.308 e. The second-order valence-corrected chi connectivity index (χ2v) is 3.65. The van der Waals surface area contributed by atoms with Gasteiger partial charge in [-0.1, -0.05) is 12.2 Å². The van der Waals surface area contributed by atoms with Crippen LogP contribution in [-0.4, -0.2) is 25.3 Å². The van der Waals surface area contributed by atoms with Gasteiger partial charge < -0.3 is 9.47 Å². The fourth-order valence-electron chi connectivity index (χ4n) is 2.07. The minimum absolute atomic E-state index is 0.0405. The monoisotopic (exact) mass is 182 g/mol. The van der Waals surface area contributed by atoms with Crippen molar-refractivity contribution in [2.75, 3.05) is 7.11 Å². The topological polar surface area (TPSA) is 35.5 Å². The molecule has 1 saturated heterocycles. The normalized spacial score (nSPS) is 37.2. The molecule has 1 fully saturated rings. The summed E-state index contributed by atoms with van der Waals surface area (Å²) in [5.41, 5.74) is 0. The summed E-state index contributed by atoms with van der Waals surface area (Å²) in [6, 6.07) is 0. The Morgan fingerprint density at radius 3 is 3.08 bits per heavy atom. The van der Waals surface area contributed by atoms with Crippen LogP contribution >= 0.6 is 0 Å². The molecule has 2 heterocycles. The maximum absolute atomic E-state index is 11.3. The van der Waals surface area contributed by atoms with Crippen LogP contribution in [-0.2, 0) is 14.3 Å². The van der Waals surface area contributed by atoms with Crippen LogP contribution in [0.5, 0.6) is 0 Å². The summed E-state index contributed by atoms with van der Waals surface area (Å²) in [6.07, 6.45) is 7.08. The molecule has 0 aliphatic carbocycles. The molecule has 0 radical (unpaired) electrons. The molecule has 0 aromatic carbocycles. The van der Waals surface area contributed by atoms with Crippen molar-refractivity contribution in [2.24, 2.45) is 5.92 Å². The minimum Gasteiger partial charge on any atom is -0.469 e. The van der Waals surface area contributed by atoms with Crippen molar-refractivity contribution in [3.63, 3.8) is 0 Å². The van der Waals surface area contributed by atoms with Crippen LogP contribution in [0.4, 0.5) is 0 Å². The molecule has 0 aromatic rings. The third-order valence-corrected chi connectivity index (χ3v) is 2.72. The van der Waals surface area contributed by atoms with E-state index in [1.165, 1.54) is 7.11 Å². The van der Waals surface area contributed by atoms with Crippen LogP contribution in [0, 0.1) is 5.92 Å². The quantitative estimate of drug-likeness (QED) is 0.452. The summed E-state index contributed by atoms with van der Waals surface area (Å²) in [5, 5.41) is 0. The Bertz CT molecular complexity index is 234. The van der Waals surface area contributed by atoms with Gasteiger partial charge in [-0.3, -0.25) is 4.79 Å². The summed E-state index contributed by atoms with van der Waals surface area (Å²) in [4.78, 5) is 11.3. The molecule has 3 unspecified atom stereocenters. The van der Waals surface area contributed by atoms with Crippen molar-refractivity contribution in [3.05, 3.63) is 12.2 Å². The third kappa shape index (κ3) is 1.75. The zero-order valence-electron chi connectivity index (χ0n) is 7.73. The van der Waals surface area contributed by atoms with Crippen LogP contribution in [0.3, 0.4) is 0 Å². The Hall–Kier alpha value is -0.830. The molecule has 3 nitrogen and oxygen atoms in total. The first-order chi connectivity index (χ1) is 6.29. The second-order valence-electron chi connectivity index (χ2n) is 3.65. The van der Waals surface area contributed by atoms with Gasteiger partial charge >= 0.3 is 5.97 Å². The van der Waals surface area contributed by atoms with Gasteiger partial charge in [0, 0.05) is 0 Å². The van der Waals surface area contributed by atoms with E-state index in [1.54, 1.807) is 0 Å². The number of ether oxygens (including phenoxy) is 2. The van der Waals surface area contributed by atoms with Crippen molar-refractivity contribution in [1.82, 2.24) is 0 Å². The second kappa shape index (κ2) is 3.50. The highest BCUT2D eigenvalue weighted by atomic mass is 16.5. The van der Waals surface area contributed by atoms with Crippen molar-refractivity contribution < 1.29 is 14.3 Å². The van der Waals surface area contributed by atoms with Gasteiger partial charge in [0.1, 0.15) is 0 Å². The maximum atomic E-state index is 11.3. The number of carbonyl (C=O) groups is 1. The number of fused-ring (bicyclic) bond motifs is 2. The number of rotatable bonds is 1. The lowest BCUT2D eigenvalue weighted by Gasteiger charge is -2.35. The molecule has 2 rings (SSSR count). The fourth-order valence-corrected chi connectivity index (χ4v) is 2.07. The average Bonchev–Trinajstić information content (AvgIpc) is 2.16. The highest BCUT2D eigenvalue weighted by Crippen LogP contribution is 2.31. The van der Waals surface area contributed by atoms with E-state index < -0.39 is 0 Å². The number of methoxy groups -OCH3 is 1. The van der Waals surface area contributed by atoms with Gasteiger partial charge in [-0.15, -0.1) is 0 Å². The highest BCUT2D eigenvalue weighted by molar-refractivity contribution is 5.72. The van der Waals surface area contributed by atoms with Gasteiger partial charge in [0.15, 0.2) is 0 Å². The van der Waals surface area contributed by atoms with Crippen LogP contribution in [0.15, 0.2) is 12.2 Å². The van der Waals surface area contributed by atoms with E-state index in [2.05, 4.69) is 6.08 Å². The third-order valence-electron chi connectivity index (χ3n) is 2.72. The van der Waals surface area contributed by atoms with Gasteiger partial charge in [0.2, 0.25) is 0 Å². The van der Waals surface area contributed by atoms with E-state index in [0.717, 1.165) is 19.3 Å². The highest BCUT2D eigenvalue weighted by Gasteiger charge is 2.34. The zero-order valence-corrected chi connectivity index (χ0v) is 7.73. The summed E-state index contributed by atoms with van der Waals surface area (Å²) >= 11 is 0. The van der Waals surface area contributed by atoms with Gasteiger partial charge in [0.25, 0.3) is 0 Å². The van der Waals surface area contributed by atoms with Gasteiger partial charge in [0.05, 0.1) is 25.2 Å².